The SMILES string of the molecule is CCOC=C(C(=O)c1ccc(C(F)(F)F)cc1SC)C(=O)C1CC1. The fourth-order valence-electron chi connectivity index (χ4n) is 2.16. The molecule has 1 aromatic carbocycles. The van der Waals surface area contributed by atoms with Gasteiger partial charge < -0.3 is 4.74 Å². The first-order chi connectivity index (χ1) is 11.3. The van der Waals surface area contributed by atoms with Crippen molar-refractivity contribution < 1.29 is 27.5 Å². The van der Waals surface area contributed by atoms with Crippen molar-refractivity contribution in [3.05, 3.63) is 41.2 Å². The highest BCUT2D eigenvalue weighted by atomic mass is 32.2. The van der Waals surface area contributed by atoms with E-state index < -0.39 is 17.5 Å². The summed E-state index contributed by atoms with van der Waals surface area (Å²) in [5.41, 5.74) is -0.850. The third-order valence-electron chi connectivity index (χ3n) is 3.60. The summed E-state index contributed by atoms with van der Waals surface area (Å²) in [6, 6.07) is 2.90. The average molecular weight is 358 g/mol. The van der Waals surface area contributed by atoms with Gasteiger partial charge in [-0.3, -0.25) is 9.59 Å². The predicted molar refractivity (Wildman–Crippen MR) is 85.0 cm³/mol. The molecule has 24 heavy (non-hydrogen) atoms. The number of Topliss-reactive ketones (excluding diaryl/α,β-unsaturated/α-hetero) is 2. The Morgan fingerprint density at radius 1 is 1.33 bits per heavy atom. The molecule has 0 radical (unpaired) electrons. The van der Waals surface area contributed by atoms with Crippen LogP contribution in [0.2, 0.25) is 0 Å². The van der Waals surface area contributed by atoms with Crippen LogP contribution in [0.3, 0.4) is 0 Å². The van der Waals surface area contributed by atoms with Gasteiger partial charge >= 0.3 is 6.18 Å². The minimum Gasteiger partial charge on any atom is -0.501 e. The highest BCUT2D eigenvalue weighted by Crippen LogP contribution is 2.36. The zero-order valence-electron chi connectivity index (χ0n) is 13.3. The first kappa shape index (κ1) is 18.6. The number of allylic oxidation sites excluding steroid dienone is 1. The predicted octanol–water partition coefficient (Wildman–Crippen LogP) is 4.51. The topological polar surface area (TPSA) is 43.4 Å². The van der Waals surface area contributed by atoms with E-state index in [9.17, 15) is 22.8 Å². The fraction of sp³-hybridized carbons (Fsp3) is 0.412. The Labute approximate surface area is 142 Å². The quantitative estimate of drug-likeness (QED) is 0.180. The Morgan fingerprint density at radius 2 is 2.00 bits per heavy atom. The standard InChI is InChI=1S/C17H17F3O3S/c1-3-23-9-13(15(21)10-4-5-10)16(22)12-7-6-11(17(18,19)20)8-14(12)24-2/h6-10H,3-5H2,1-2H3. The van der Waals surface area contributed by atoms with Crippen LogP contribution in [0, 0.1) is 5.92 Å². The van der Waals surface area contributed by atoms with E-state index in [0.29, 0.717) is 0 Å². The second kappa shape index (κ2) is 7.42. The van der Waals surface area contributed by atoms with Gasteiger partial charge in [-0.25, -0.2) is 0 Å². The molecule has 3 nitrogen and oxygen atoms in total. The van der Waals surface area contributed by atoms with Gasteiger partial charge in [0.2, 0.25) is 5.78 Å². The van der Waals surface area contributed by atoms with Crippen LogP contribution in [0.5, 0.6) is 0 Å². The van der Waals surface area contributed by atoms with E-state index in [2.05, 4.69) is 0 Å². The Hall–Kier alpha value is -1.76. The highest BCUT2D eigenvalue weighted by Gasteiger charge is 2.36. The Bertz CT molecular complexity index is 676. The van der Waals surface area contributed by atoms with Crippen molar-refractivity contribution in [3.8, 4) is 0 Å². The van der Waals surface area contributed by atoms with Crippen LogP contribution in [-0.2, 0) is 15.7 Å². The molecule has 0 unspecified atom stereocenters. The molecule has 1 aromatic rings. The van der Waals surface area contributed by atoms with Gasteiger partial charge in [0.25, 0.3) is 0 Å². The lowest BCUT2D eigenvalue weighted by Crippen LogP contribution is -2.17. The normalized spacial score (nSPS) is 15.3. The summed E-state index contributed by atoms with van der Waals surface area (Å²) in [4.78, 5) is 25.2. The zero-order valence-corrected chi connectivity index (χ0v) is 14.1. The molecule has 1 aliphatic rings. The third kappa shape index (κ3) is 4.20. The smallest absolute Gasteiger partial charge is 0.416 e. The van der Waals surface area contributed by atoms with Crippen molar-refractivity contribution in [2.75, 3.05) is 12.9 Å². The summed E-state index contributed by atoms with van der Waals surface area (Å²) in [6.07, 6.45) is -0.332. The molecule has 0 aromatic heterocycles. The second-order valence-corrected chi connectivity index (χ2v) is 6.22. The first-order valence-corrected chi connectivity index (χ1v) is 8.68. The molecule has 1 saturated carbocycles. The number of ketones is 2. The molecule has 0 heterocycles. The number of carbonyl (C=O) groups excluding carboxylic acids is 2. The van der Waals surface area contributed by atoms with Gasteiger partial charge in [0.1, 0.15) is 5.57 Å². The van der Waals surface area contributed by atoms with Crippen LogP contribution < -0.4 is 0 Å². The van der Waals surface area contributed by atoms with E-state index in [1.807, 2.05) is 0 Å². The van der Waals surface area contributed by atoms with Gasteiger partial charge in [0.05, 0.1) is 18.4 Å². The van der Waals surface area contributed by atoms with Crippen LogP contribution in [0.1, 0.15) is 35.7 Å². The molecular formula is C17H17F3O3S. The number of benzene rings is 1. The van der Waals surface area contributed by atoms with Gasteiger partial charge in [0.15, 0.2) is 5.78 Å². The van der Waals surface area contributed by atoms with Crippen LogP contribution in [0.15, 0.2) is 34.9 Å². The maximum absolute atomic E-state index is 12.8. The lowest BCUT2D eigenvalue weighted by atomic mass is 9.97. The molecule has 2 rings (SSSR count). The van der Waals surface area contributed by atoms with Crippen molar-refractivity contribution >= 4 is 23.3 Å². The number of rotatable bonds is 7. The molecule has 0 spiro atoms. The third-order valence-corrected chi connectivity index (χ3v) is 4.38. The van der Waals surface area contributed by atoms with Crippen molar-refractivity contribution in [1.29, 1.82) is 0 Å². The van der Waals surface area contributed by atoms with Crippen molar-refractivity contribution in [2.45, 2.75) is 30.8 Å². The molecule has 0 bridgehead atoms. The van der Waals surface area contributed by atoms with Gasteiger partial charge in [0, 0.05) is 16.4 Å². The van der Waals surface area contributed by atoms with Crippen LogP contribution in [0.25, 0.3) is 0 Å². The lowest BCUT2D eigenvalue weighted by Gasteiger charge is -2.12. The van der Waals surface area contributed by atoms with E-state index in [1.165, 1.54) is 0 Å². The van der Waals surface area contributed by atoms with E-state index >= 15 is 0 Å². The van der Waals surface area contributed by atoms with Crippen molar-refractivity contribution in [2.24, 2.45) is 5.92 Å². The minimum atomic E-state index is -4.49. The van der Waals surface area contributed by atoms with E-state index in [-0.39, 0.29) is 34.3 Å². The summed E-state index contributed by atoms with van der Waals surface area (Å²) in [6.45, 7) is 2.00. The minimum absolute atomic E-state index is 0.0791. The van der Waals surface area contributed by atoms with Crippen LogP contribution >= 0.6 is 11.8 Å². The number of carbonyl (C=O) groups is 2. The molecule has 1 aliphatic carbocycles. The second-order valence-electron chi connectivity index (χ2n) is 5.37. The van der Waals surface area contributed by atoms with Crippen molar-refractivity contribution in [1.82, 2.24) is 0 Å². The molecule has 0 atom stereocenters. The fourth-order valence-corrected chi connectivity index (χ4v) is 2.78. The Kier molecular flexibility index (Phi) is 5.74. The molecule has 0 aliphatic heterocycles. The molecule has 1 fully saturated rings. The van der Waals surface area contributed by atoms with Gasteiger partial charge in [-0.15, -0.1) is 11.8 Å². The number of alkyl halides is 3. The largest absolute Gasteiger partial charge is 0.501 e. The Balaban J connectivity index is 2.40. The van der Waals surface area contributed by atoms with E-state index in [4.69, 9.17) is 4.74 Å². The summed E-state index contributed by atoms with van der Waals surface area (Å²) < 4.78 is 43.6. The first-order valence-electron chi connectivity index (χ1n) is 7.45. The average Bonchev–Trinajstić information content (AvgIpc) is 3.38. The highest BCUT2D eigenvalue weighted by molar-refractivity contribution is 7.98. The van der Waals surface area contributed by atoms with Crippen molar-refractivity contribution in [3.63, 3.8) is 0 Å². The van der Waals surface area contributed by atoms with Gasteiger partial charge in [-0.2, -0.15) is 13.2 Å². The number of hydrogen-bond acceptors (Lipinski definition) is 4. The molecule has 0 saturated heterocycles. The van der Waals surface area contributed by atoms with E-state index in [1.54, 1.807) is 13.2 Å². The molecule has 0 N–H and O–H groups in total. The maximum Gasteiger partial charge on any atom is 0.416 e. The van der Waals surface area contributed by atoms with Crippen LogP contribution in [-0.4, -0.2) is 24.4 Å². The number of halogens is 3. The zero-order chi connectivity index (χ0) is 17.9. The van der Waals surface area contributed by atoms with Gasteiger partial charge in [-0.1, -0.05) is 0 Å². The summed E-state index contributed by atoms with van der Waals surface area (Å²) in [5, 5.41) is 0. The number of thioether (sulfide) groups is 1. The molecule has 0 amide bonds. The van der Waals surface area contributed by atoms with E-state index in [0.717, 1.165) is 49.1 Å². The Morgan fingerprint density at radius 3 is 2.50 bits per heavy atom. The monoisotopic (exact) mass is 358 g/mol. The molecule has 7 heteroatoms. The van der Waals surface area contributed by atoms with Crippen LogP contribution in [0.4, 0.5) is 13.2 Å². The molecular weight excluding hydrogens is 341 g/mol. The summed E-state index contributed by atoms with van der Waals surface area (Å²) in [7, 11) is 0. The maximum atomic E-state index is 12.8. The number of ether oxygens (including phenoxy) is 1. The summed E-state index contributed by atoms with van der Waals surface area (Å²) >= 11 is 1.03. The number of hydrogen-bond donors (Lipinski definition) is 0. The lowest BCUT2D eigenvalue weighted by molar-refractivity contribution is -0.137. The molecule has 130 valence electrons. The van der Waals surface area contributed by atoms with Gasteiger partial charge in [-0.05, 0) is 44.2 Å². The summed E-state index contributed by atoms with van der Waals surface area (Å²) in [5.74, 6) is -1.09.